The van der Waals surface area contributed by atoms with Gasteiger partial charge in [0.05, 0.1) is 12.1 Å². The van der Waals surface area contributed by atoms with Crippen LogP contribution < -0.4 is 9.47 Å². The molecule has 0 bridgehead atoms. The van der Waals surface area contributed by atoms with E-state index in [0.717, 1.165) is 5.56 Å². The average Bonchev–Trinajstić information content (AvgIpc) is 2.48. The molecule has 0 amide bonds. The van der Waals surface area contributed by atoms with Gasteiger partial charge >= 0.3 is 0 Å². The van der Waals surface area contributed by atoms with Gasteiger partial charge < -0.3 is 9.47 Å². The molecule has 2 aromatic rings. The highest BCUT2D eigenvalue weighted by Crippen LogP contribution is 2.30. The van der Waals surface area contributed by atoms with E-state index in [1.807, 2.05) is 18.2 Å². The van der Waals surface area contributed by atoms with E-state index in [9.17, 15) is 4.39 Å². The van der Waals surface area contributed by atoms with Gasteiger partial charge in [0.2, 0.25) is 0 Å². The van der Waals surface area contributed by atoms with Gasteiger partial charge in [-0.25, -0.2) is 4.39 Å². The maximum atomic E-state index is 13.8. The number of ether oxygens (including phenoxy) is 2. The summed E-state index contributed by atoms with van der Waals surface area (Å²) in [5, 5.41) is 0.797. The van der Waals surface area contributed by atoms with Crippen LogP contribution in [0.4, 0.5) is 4.39 Å². The molecule has 0 N–H and O–H groups in total. The fourth-order valence-corrected chi connectivity index (χ4v) is 2.28. The number of rotatable bonds is 5. The number of methoxy groups -OCH3 is 1. The Morgan fingerprint density at radius 2 is 2.00 bits per heavy atom. The van der Waals surface area contributed by atoms with Crippen LogP contribution in [0.2, 0.25) is 5.02 Å². The fourth-order valence-electron chi connectivity index (χ4n) is 1.73. The van der Waals surface area contributed by atoms with Crippen molar-refractivity contribution in [3.8, 4) is 11.5 Å². The van der Waals surface area contributed by atoms with E-state index in [1.165, 1.54) is 6.07 Å². The van der Waals surface area contributed by atoms with Crippen molar-refractivity contribution >= 4 is 27.5 Å². The van der Waals surface area contributed by atoms with Gasteiger partial charge in [0.1, 0.15) is 12.4 Å². The Morgan fingerprint density at radius 3 is 2.70 bits per heavy atom. The van der Waals surface area contributed by atoms with Crippen molar-refractivity contribution < 1.29 is 13.9 Å². The van der Waals surface area contributed by atoms with E-state index >= 15 is 0 Å². The first kappa shape index (κ1) is 15.1. The Balaban J connectivity index is 2.19. The van der Waals surface area contributed by atoms with Crippen LogP contribution in [0.5, 0.6) is 11.5 Å². The second-order valence-electron chi connectivity index (χ2n) is 4.12. The highest BCUT2D eigenvalue weighted by molar-refractivity contribution is 9.08. The fraction of sp³-hybridized carbons (Fsp3) is 0.200. The summed E-state index contributed by atoms with van der Waals surface area (Å²) in [5.74, 6) is 0.728. The van der Waals surface area contributed by atoms with Gasteiger partial charge in [-0.15, -0.1) is 0 Å². The average molecular weight is 360 g/mol. The summed E-state index contributed by atoms with van der Waals surface area (Å²) < 4.78 is 24.7. The Bertz CT molecular complexity index is 604. The Labute approximate surface area is 130 Å². The number of alkyl halides is 1. The van der Waals surface area contributed by atoms with Crippen molar-refractivity contribution in [2.24, 2.45) is 0 Å². The van der Waals surface area contributed by atoms with Gasteiger partial charge in [-0.3, -0.25) is 0 Å². The molecule has 0 aliphatic heterocycles. The third-order valence-electron chi connectivity index (χ3n) is 2.80. The third-order valence-corrected chi connectivity index (χ3v) is 3.74. The summed E-state index contributed by atoms with van der Waals surface area (Å²) in [7, 11) is 1.57. The quantitative estimate of drug-likeness (QED) is 0.702. The van der Waals surface area contributed by atoms with Crippen molar-refractivity contribution in [2.45, 2.75) is 11.9 Å². The second-order valence-corrected chi connectivity index (χ2v) is 5.09. The number of halogens is 3. The van der Waals surface area contributed by atoms with Crippen LogP contribution in [0.15, 0.2) is 36.4 Å². The zero-order valence-electron chi connectivity index (χ0n) is 10.8. The van der Waals surface area contributed by atoms with Crippen LogP contribution in [0, 0.1) is 5.82 Å². The minimum atomic E-state index is -0.454. The van der Waals surface area contributed by atoms with E-state index in [4.69, 9.17) is 21.1 Å². The molecule has 0 radical (unpaired) electrons. The molecule has 2 aromatic carbocycles. The maximum Gasteiger partial charge on any atom is 0.161 e. The second kappa shape index (κ2) is 6.95. The highest BCUT2D eigenvalue weighted by atomic mass is 79.9. The molecule has 0 saturated heterocycles. The minimum Gasteiger partial charge on any atom is -0.493 e. The molecule has 0 aliphatic rings. The predicted octanol–water partition coefficient (Wildman–Crippen LogP) is 4.96. The van der Waals surface area contributed by atoms with Gasteiger partial charge in [-0.1, -0.05) is 45.7 Å². The maximum absolute atomic E-state index is 13.8. The summed E-state index contributed by atoms with van der Waals surface area (Å²) in [6.45, 7) is 0.0918. The predicted molar refractivity (Wildman–Crippen MR) is 81.4 cm³/mol. The molecule has 0 heterocycles. The summed E-state index contributed by atoms with van der Waals surface area (Å²) in [4.78, 5) is 0. The summed E-state index contributed by atoms with van der Waals surface area (Å²) in [5.41, 5.74) is 1.45. The van der Waals surface area contributed by atoms with E-state index in [-0.39, 0.29) is 11.6 Å². The zero-order chi connectivity index (χ0) is 14.5. The van der Waals surface area contributed by atoms with Crippen LogP contribution in [0.3, 0.4) is 0 Å². The molecule has 2 rings (SSSR count). The lowest BCUT2D eigenvalue weighted by Gasteiger charge is -2.12. The minimum absolute atomic E-state index is 0.0901. The lowest BCUT2D eigenvalue weighted by molar-refractivity contribution is 0.279. The van der Waals surface area contributed by atoms with Crippen molar-refractivity contribution in [1.82, 2.24) is 0 Å². The van der Waals surface area contributed by atoms with Gasteiger partial charge in [-0.05, 0) is 23.8 Å². The van der Waals surface area contributed by atoms with Crippen molar-refractivity contribution in [2.75, 3.05) is 7.11 Å². The highest BCUT2D eigenvalue weighted by Gasteiger charge is 2.10. The van der Waals surface area contributed by atoms with Gasteiger partial charge in [0.25, 0.3) is 0 Å². The van der Waals surface area contributed by atoms with Gasteiger partial charge in [-0.2, -0.15) is 0 Å². The van der Waals surface area contributed by atoms with Gasteiger partial charge in [0, 0.05) is 10.9 Å². The molecule has 0 aliphatic carbocycles. The molecule has 0 spiro atoms. The molecule has 0 saturated carbocycles. The van der Waals surface area contributed by atoms with Crippen LogP contribution >= 0.6 is 27.5 Å². The third kappa shape index (κ3) is 3.44. The number of hydrogen-bond donors (Lipinski definition) is 0. The molecular weight excluding hydrogens is 347 g/mol. The Hall–Kier alpha value is -1.26. The molecule has 2 nitrogen and oxygen atoms in total. The van der Waals surface area contributed by atoms with Crippen LogP contribution in [0.1, 0.15) is 11.1 Å². The lowest BCUT2D eigenvalue weighted by Crippen LogP contribution is -2.01. The monoisotopic (exact) mass is 358 g/mol. The normalized spacial score (nSPS) is 10.4. The largest absolute Gasteiger partial charge is 0.493 e. The van der Waals surface area contributed by atoms with E-state index in [1.54, 1.807) is 19.2 Å². The smallest absolute Gasteiger partial charge is 0.161 e. The first-order valence-electron chi connectivity index (χ1n) is 5.94. The summed E-state index contributed by atoms with van der Waals surface area (Å²) >= 11 is 9.12. The molecule has 5 heteroatoms. The molecule has 0 atom stereocenters. The molecule has 0 fully saturated rings. The summed E-state index contributed by atoms with van der Waals surface area (Å²) in [6, 6.07) is 10.4. The molecule has 0 unspecified atom stereocenters. The standard InChI is InChI=1S/C15H13BrClFO2/c1-19-13-6-5-10(8-16)7-14(13)20-9-11-3-2-4-12(17)15(11)18/h2-7H,8-9H2,1H3. The van der Waals surface area contributed by atoms with Crippen LogP contribution in [0.25, 0.3) is 0 Å². The van der Waals surface area contributed by atoms with Crippen molar-refractivity contribution in [3.63, 3.8) is 0 Å². The van der Waals surface area contributed by atoms with Crippen LogP contribution in [-0.4, -0.2) is 7.11 Å². The summed E-state index contributed by atoms with van der Waals surface area (Å²) in [6.07, 6.45) is 0. The van der Waals surface area contributed by atoms with E-state index in [0.29, 0.717) is 22.4 Å². The van der Waals surface area contributed by atoms with Crippen LogP contribution in [-0.2, 0) is 11.9 Å². The SMILES string of the molecule is COc1ccc(CBr)cc1OCc1cccc(Cl)c1F. The molecule has 0 aromatic heterocycles. The van der Waals surface area contributed by atoms with Crippen molar-refractivity contribution in [1.29, 1.82) is 0 Å². The molecule has 106 valence electrons. The topological polar surface area (TPSA) is 18.5 Å². The Kier molecular flexibility index (Phi) is 5.26. The number of hydrogen-bond acceptors (Lipinski definition) is 2. The molecule has 20 heavy (non-hydrogen) atoms. The van der Waals surface area contributed by atoms with Crippen molar-refractivity contribution in [3.05, 3.63) is 58.4 Å². The Morgan fingerprint density at radius 1 is 1.20 bits per heavy atom. The van der Waals surface area contributed by atoms with Gasteiger partial charge in [0.15, 0.2) is 11.5 Å². The van der Waals surface area contributed by atoms with E-state index < -0.39 is 5.82 Å². The molecular formula is C15H13BrClFO2. The zero-order valence-corrected chi connectivity index (χ0v) is 13.2. The lowest BCUT2D eigenvalue weighted by atomic mass is 10.2. The number of benzene rings is 2. The first-order chi connectivity index (χ1) is 9.65. The van der Waals surface area contributed by atoms with E-state index in [2.05, 4.69) is 15.9 Å². The first-order valence-corrected chi connectivity index (χ1v) is 7.44.